The van der Waals surface area contributed by atoms with E-state index >= 15 is 0 Å². The molecule has 3 heteroatoms. The minimum absolute atomic E-state index is 0.890. The first-order valence-electron chi connectivity index (χ1n) is 13.6. The van der Waals surface area contributed by atoms with E-state index in [9.17, 15) is 0 Å². The fraction of sp³-hybridized carbons (Fsp3) is 0.600. The normalized spacial score (nSPS) is 11.3. The van der Waals surface area contributed by atoms with E-state index in [-0.39, 0.29) is 0 Å². The maximum Gasteiger partial charge on any atom is 0.0858 e. The molecule has 0 aliphatic heterocycles. The van der Waals surface area contributed by atoms with Gasteiger partial charge in [-0.05, 0) is 49.2 Å². The smallest absolute Gasteiger partial charge is 0.0858 e. The largest absolute Gasteiger partial charge is 0.372 e. The summed E-state index contributed by atoms with van der Waals surface area (Å²) in [6.07, 6.45) is 19.1. The number of nitrogens with zero attached hydrogens (tertiary/aromatic N) is 3. The lowest BCUT2D eigenvalue weighted by Crippen LogP contribution is -2.25. The van der Waals surface area contributed by atoms with Gasteiger partial charge >= 0.3 is 0 Å². The van der Waals surface area contributed by atoms with Crippen molar-refractivity contribution >= 4 is 17.1 Å². The second kappa shape index (κ2) is 18.3. The van der Waals surface area contributed by atoms with Crippen molar-refractivity contribution in [3.63, 3.8) is 0 Å². The summed E-state index contributed by atoms with van der Waals surface area (Å²) in [4.78, 5) is 2.59. The number of benzene rings is 2. The zero-order chi connectivity index (χ0) is 23.4. The molecule has 2 aromatic carbocycles. The van der Waals surface area contributed by atoms with Gasteiger partial charge in [0, 0.05) is 18.8 Å². The number of rotatable bonds is 19. The first kappa shape index (κ1) is 27.1. The van der Waals surface area contributed by atoms with Crippen LogP contribution in [0.5, 0.6) is 0 Å². The minimum atomic E-state index is 0.890. The lowest BCUT2D eigenvalue weighted by Gasteiger charge is -2.25. The number of azo groups is 1. The molecule has 2 rings (SSSR count). The summed E-state index contributed by atoms with van der Waals surface area (Å²) in [6, 6.07) is 18.6. The first-order chi connectivity index (χ1) is 16.3. The van der Waals surface area contributed by atoms with Crippen LogP contribution < -0.4 is 4.90 Å². The average molecular weight is 450 g/mol. The highest BCUT2D eigenvalue weighted by molar-refractivity contribution is 5.53. The molecular formula is C30H47N3. The van der Waals surface area contributed by atoms with Gasteiger partial charge in [-0.2, -0.15) is 10.2 Å². The Morgan fingerprint density at radius 2 is 0.909 bits per heavy atom. The van der Waals surface area contributed by atoms with E-state index in [2.05, 4.69) is 53.2 Å². The minimum Gasteiger partial charge on any atom is -0.372 e. The molecule has 0 aliphatic rings. The van der Waals surface area contributed by atoms with E-state index in [0.29, 0.717) is 0 Å². The van der Waals surface area contributed by atoms with Gasteiger partial charge in [0.15, 0.2) is 0 Å². The van der Waals surface area contributed by atoms with Crippen LogP contribution in [0.15, 0.2) is 64.8 Å². The third-order valence-electron chi connectivity index (χ3n) is 6.32. The van der Waals surface area contributed by atoms with Gasteiger partial charge in [-0.3, -0.25) is 0 Å². The SMILES string of the molecule is CCCCCCCCCN(CCCCCCCCC)c1ccc(N=Nc2ccccc2)cc1. The third kappa shape index (κ3) is 12.6. The van der Waals surface area contributed by atoms with Crippen LogP contribution in [0.25, 0.3) is 0 Å². The Balaban J connectivity index is 1.84. The van der Waals surface area contributed by atoms with E-state index in [4.69, 9.17) is 0 Å². The molecule has 3 nitrogen and oxygen atoms in total. The molecule has 0 N–H and O–H groups in total. The van der Waals surface area contributed by atoms with Crippen molar-refractivity contribution in [3.05, 3.63) is 54.6 Å². The monoisotopic (exact) mass is 449 g/mol. The van der Waals surface area contributed by atoms with Gasteiger partial charge in [0.25, 0.3) is 0 Å². The van der Waals surface area contributed by atoms with Crippen molar-refractivity contribution in [3.8, 4) is 0 Å². The molecule has 0 aromatic heterocycles. The molecule has 0 amide bonds. The summed E-state index contributed by atoms with van der Waals surface area (Å²) < 4.78 is 0. The molecule has 33 heavy (non-hydrogen) atoms. The summed E-state index contributed by atoms with van der Waals surface area (Å²) >= 11 is 0. The number of anilines is 1. The van der Waals surface area contributed by atoms with E-state index in [1.807, 2.05) is 30.3 Å². The Morgan fingerprint density at radius 3 is 1.39 bits per heavy atom. The Labute approximate surface area is 203 Å². The highest BCUT2D eigenvalue weighted by Crippen LogP contribution is 2.23. The van der Waals surface area contributed by atoms with Gasteiger partial charge in [0.05, 0.1) is 11.4 Å². The fourth-order valence-electron chi connectivity index (χ4n) is 4.23. The van der Waals surface area contributed by atoms with Crippen molar-refractivity contribution < 1.29 is 0 Å². The second-order valence-corrected chi connectivity index (χ2v) is 9.28. The molecule has 0 saturated carbocycles. The van der Waals surface area contributed by atoms with Crippen LogP contribution in [0.4, 0.5) is 17.1 Å². The molecule has 0 heterocycles. The fourth-order valence-corrected chi connectivity index (χ4v) is 4.23. The maximum atomic E-state index is 4.41. The molecule has 0 fully saturated rings. The molecule has 0 saturated heterocycles. The van der Waals surface area contributed by atoms with Gasteiger partial charge in [0.2, 0.25) is 0 Å². The Kier molecular flexibility index (Phi) is 15.0. The Bertz CT molecular complexity index is 706. The quantitative estimate of drug-likeness (QED) is 0.155. The molecule has 0 aliphatic carbocycles. The summed E-state index contributed by atoms with van der Waals surface area (Å²) in [7, 11) is 0. The van der Waals surface area contributed by atoms with Crippen molar-refractivity contribution in [1.29, 1.82) is 0 Å². The van der Waals surface area contributed by atoms with Crippen molar-refractivity contribution in [2.24, 2.45) is 10.2 Å². The predicted molar refractivity (Wildman–Crippen MR) is 145 cm³/mol. The van der Waals surface area contributed by atoms with Crippen LogP contribution in [-0.4, -0.2) is 13.1 Å². The molecule has 0 unspecified atom stereocenters. The zero-order valence-corrected chi connectivity index (χ0v) is 21.4. The molecular weight excluding hydrogens is 402 g/mol. The topological polar surface area (TPSA) is 28.0 Å². The third-order valence-corrected chi connectivity index (χ3v) is 6.32. The van der Waals surface area contributed by atoms with Crippen LogP contribution in [0.2, 0.25) is 0 Å². The highest BCUT2D eigenvalue weighted by atomic mass is 15.1. The van der Waals surface area contributed by atoms with Gasteiger partial charge in [0.1, 0.15) is 0 Å². The highest BCUT2D eigenvalue weighted by Gasteiger charge is 2.07. The van der Waals surface area contributed by atoms with Gasteiger partial charge in [-0.25, -0.2) is 0 Å². The molecule has 0 spiro atoms. The van der Waals surface area contributed by atoms with Crippen molar-refractivity contribution in [1.82, 2.24) is 0 Å². The van der Waals surface area contributed by atoms with E-state index in [1.54, 1.807) is 0 Å². The molecule has 0 atom stereocenters. The predicted octanol–water partition coefficient (Wildman–Crippen LogP) is 10.4. The molecule has 2 aromatic rings. The van der Waals surface area contributed by atoms with Crippen LogP contribution >= 0.6 is 0 Å². The molecule has 182 valence electrons. The Hall–Kier alpha value is -2.16. The second-order valence-electron chi connectivity index (χ2n) is 9.28. The molecule has 0 bridgehead atoms. The van der Waals surface area contributed by atoms with Crippen LogP contribution in [0.3, 0.4) is 0 Å². The van der Waals surface area contributed by atoms with Gasteiger partial charge < -0.3 is 4.90 Å². The summed E-state index contributed by atoms with van der Waals surface area (Å²) in [5.74, 6) is 0. The lowest BCUT2D eigenvalue weighted by atomic mass is 10.1. The van der Waals surface area contributed by atoms with Gasteiger partial charge in [-0.15, -0.1) is 0 Å². The molecule has 0 radical (unpaired) electrons. The average Bonchev–Trinajstić information content (AvgIpc) is 2.86. The first-order valence-corrected chi connectivity index (χ1v) is 13.6. The van der Waals surface area contributed by atoms with Crippen LogP contribution in [-0.2, 0) is 0 Å². The maximum absolute atomic E-state index is 4.41. The zero-order valence-electron chi connectivity index (χ0n) is 21.4. The number of hydrogen-bond donors (Lipinski definition) is 0. The van der Waals surface area contributed by atoms with Gasteiger partial charge in [-0.1, -0.05) is 109 Å². The van der Waals surface area contributed by atoms with E-state index in [1.165, 1.54) is 95.6 Å². The lowest BCUT2D eigenvalue weighted by molar-refractivity contribution is 0.564. The van der Waals surface area contributed by atoms with Crippen LogP contribution in [0.1, 0.15) is 104 Å². The van der Waals surface area contributed by atoms with Crippen molar-refractivity contribution in [2.45, 2.75) is 104 Å². The number of unbranched alkanes of at least 4 members (excludes halogenated alkanes) is 12. The van der Waals surface area contributed by atoms with E-state index < -0.39 is 0 Å². The van der Waals surface area contributed by atoms with E-state index in [0.717, 1.165) is 24.5 Å². The standard InChI is InChI=1S/C30H47N3/c1-3-5-7-9-11-13-18-26-33(27-19-14-12-10-8-6-4-2)30-24-22-29(23-25-30)32-31-28-20-16-15-17-21-28/h15-17,20-25H,3-14,18-19,26-27H2,1-2H3. The van der Waals surface area contributed by atoms with Crippen molar-refractivity contribution in [2.75, 3.05) is 18.0 Å². The summed E-state index contributed by atoms with van der Waals surface area (Å²) in [6.45, 7) is 6.90. The Morgan fingerprint density at radius 1 is 0.485 bits per heavy atom. The number of hydrogen-bond acceptors (Lipinski definition) is 3. The van der Waals surface area contributed by atoms with Crippen LogP contribution in [0, 0.1) is 0 Å². The summed E-state index contributed by atoms with van der Waals surface area (Å²) in [5.41, 5.74) is 3.13. The summed E-state index contributed by atoms with van der Waals surface area (Å²) in [5, 5.41) is 8.75.